The first-order chi connectivity index (χ1) is 7.22. The number of benzene rings is 1. The van der Waals surface area contributed by atoms with Gasteiger partial charge in [0.2, 0.25) is 0 Å². The Bertz CT molecular complexity index is 329. The van der Waals surface area contributed by atoms with E-state index in [1.165, 1.54) is 0 Å². The van der Waals surface area contributed by atoms with Crippen LogP contribution in [0.5, 0.6) is 11.5 Å². The molecule has 0 radical (unpaired) electrons. The van der Waals surface area contributed by atoms with Crippen LogP contribution in [0.4, 0.5) is 5.69 Å². The second-order valence-electron chi connectivity index (χ2n) is 3.17. The molecule has 3 nitrogen and oxygen atoms in total. The fourth-order valence-electron chi connectivity index (χ4n) is 1.38. The van der Waals surface area contributed by atoms with E-state index < -0.39 is 0 Å². The number of thiol groups is 1. The quantitative estimate of drug-likeness (QED) is 0.757. The van der Waals surface area contributed by atoms with Crippen LogP contribution in [0.15, 0.2) is 12.1 Å². The van der Waals surface area contributed by atoms with Crippen LogP contribution >= 0.6 is 12.6 Å². The summed E-state index contributed by atoms with van der Waals surface area (Å²) in [6.45, 7) is 2.79. The van der Waals surface area contributed by atoms with Crippen molar-refractivity contribution in [3.05, 3.63) is 17.7 Å². The molecule has 0 spiro atoms. The molecule has 0 amide bonds. The van der Waals surface area contributed by atoms with Gasteiger partial charge < -0.3 is 14.8 Å². The second kappa shape index (κ2) is 5.75. The molecule has 1 aromatic rings. The standard InChI is InChI=1S/C11H17NO2S/c1-8-6-11(14-3)9(12-4-5-15)7-10(8)13-2/h6-7,12,15H,4-5H2,1-3H3. The Labute approximate surface area is 96.2 Å². The smallest absolute Gasteiger partial charge is 0.142 e. The van der Waals surface area contributed by atoms with Crippen LogP contribution in [0.25, 0.3) is 0 Å². The van der Waals surface area contributed by atoms with Crippen LogP contribution in [0.1, 0.15) is 5.56 Å². The van der Waals surface area contributed by atoms with E-state index in [9.17, 15) is 0 Å². The first-order valence-corrected chi connectivity index (χ1v) is 5.43. The largest absolute Gasteiger partial charge is 0.496 e. The second-order valence-corrected chi connectivity index (χ2v) is 3.62. The number of ether oxygens (including phenoxy) is 2. The summed E-state index contributed by atoms with van der Waals surface area (Å²) in [6.07, 6.45) is 0. The van der Waals surface area contributed by atoms with Gasteiger partial charge in [-0.25, -0.2) is 0 Å². The van der Waals surface area contributed by atoms with Gasteiger partial charge in [0, 0.05) is 18.4 Å². The number of methoxy groups -OCH3 is 2. The van der Waals surface area contributed by atoms with E-state index in [2.05, 4.69) is 17.9 Å². The third-order valence-corrected chi connectivity index (χ3v) is 2.37. The zero-order chi connectivity index (χ0) is 11.3. The van der Waals surface area contributed by atoms with Gasteiger partial charge in [0.1, 0.15) is 11.5 Å². The predicted octanol–water partition coefficient (Wildman–Crippen LogP) is 2.35. The predicted molar refractivity (Wildman–Crippen MR) is 66.6 cm³/mol. The molecular weight excluding hydrogens is 210 g/mol. The monoisotopic (exact) mass is 227 g/mol. The number of hydrogen-bond donors (Lipinski definition) is 2. The summed E-state index contributed by atoms with van der Waals surface area (Å²) in [6, 6.07) is 3.90. The van der Waals surface area contributed by atoms with E-state index in [0.29, 0.717) is 0 Å². The molecule has 4 heteroatoms. The number of nitrogens with one attached hydrogen (secondary N) is 1. The average Bonchev–Trinajstić information content (AvgIpc) is 2.26. The fourth-order valence-corrected chi connectivity index (χ4v) is 1.49. The highest BCUT2D eigenvalue weighted by Gasteiger charge is 2.07. The number of hydrogen-bond acceptors (Lipinski definition) is 4. The topological polar surface area (TPSA) is 30.5 Å². The minimum absolute atomic E-state index is 0.777. The van der Waals surface area contributed by atoms with Crippen molar-refractivity contribution in [3.63, 3.8) is 0 Å². The van der Waals surface area contributed by atoms with Crippen molar-refractivity contribution < 1.29 is 9.47 Å². The highest BCUT2D eigenvalue weighted by atomic mass is 32.1. The highest BCUT2D eigenvalue weighted by molar-refractivity contribution is 7.80. The van der Waals surface area contributed by atoms with Gasteiger partial charge >= 0.3 is 0 Å². The average molecular weight is 227 g/mol. The molecule has 0 bridgehead atoms. The van der Waals surface area contributed by atoms with Crippen LogP contribution in [-0.4, -0.2) is 26.5 Å². The Morgan fingerprint density at radius 1 is 1.20 bits per heavy atom. The van der Waals surface area contributed by atoms with Gasteiger partial charge in [-0.3, -0.25) is 0 Å². The Morgan fingerprint density at radius 3 is 2.40 bits per heavy atom. The minimum atomic E-state index is 0.777. The molecule has 1 N–H and O–H groups in total. The molecular formula is C11H17NO2S. The minimum Gasteiger partial charge on any atom is -0.496 e. The van der Waals surface area contributed by atoms with Gasteiger partial charge in [0.15, 0.2) is 0 Å². The molecule has 0 saturated heterocycles. The molecule has 0 aliphatic rings. The molecule has 0 aliphatic carbocycles. The molecule has 0 heterocycles. The van der Waals surface area contributed by atoms with Gasteiger partial charge in [0.25, 0.3) is 0 Å². The Morgan fingerprint density at radius 2 is 1.87 bits per heavy atom. The first-order valence-electron chi connectivity index (χ1n) is 4.80. The lowest BCUT2D eigenvalue weighted by Gasteiger charge is -2.13. The Hall–Kier alpha value is -1.03. The van der Waals surface area contributed by atoms with Crippen LogP contribution in [0.2, 0.25) is 0 Å². The van der Waals surface area contributed by atoms with Crippen LogP contribution in [-0.2, 0) is 0 Å². The van der Waals surface area contributed by atoms with E-state index >= 15 is 0 Å². The van der Waals surface area contributed by atoms with Crippen molar-refractivity contribution in [1.82, 2.24) is 0 Å². The summed E-state index contributed by atoms with van der Waals surface area (Å²) >= 11 is 4.15. The summed E-state index contributed by atoms with van der Waals surface area (Å²) in [4.78, 5) is 0. The van der Waals surface area contributed by atoms with Crippen LogP contribution in [0, 0.1) is 6.92 Å². The van der Waals surface area contributed by atoms with Crippen LogP contribution in [0.3, 0.4) is 0 Å². The van der Waals surface area contributed by atoms with E-state index in [4.69, 9.17) is 9.47 Å². The van der Waals surface area contributed by atoms with Crippen LogP contribution < -0.4 is 14.8 Å². The number of rotatable bonds is 5. The van der Waals surface area contributed by atoms with Gasteiger partial charge in [-0.1, -0.05) is 0 Å². The van der Waals surface area contributed by atoms with Gasteiger partial charge in [-0.05, 0) is 18.6 Å². The SMILES string of the molecule is COc1cc(NCCS)c(OC)cc1C. The normalized spacial score (nSPS) is 9.87. The number of aryl methyl sites for hydroxylation is 1. The number of anilines is 1. The van der Waals surface area contributed by atoms with E-state index in [-0.39, 0.29) is 0 Å². The zero-order valence-electron chi connectivity index (χ0n) is 9.33. The third-order valence-electron chi connectivity index (χ3n) is 2.14. The summed E-state index contributed by atoms with van der Waals surface area (Å²) < 4.78 is 10.5. The summed E-state index contributed by atoms with van der Waals surface area (Å²) in [7, 11) is 3.32. The maximum Gasteiger partial charge on any atom is 0.142 e. The van der Waals surface area contributed by atoms with Crippen molar-refractivity contribution in [2.75, 3.05) is 31.8 Å². The lowest BCUT2D eigenvalue weighted by molar-refractivity contribution is 0.402. The van der Waals surface area contributed by atoms with Gasteiger partial charge in [0.05, 0.1) is 19.9 Å². The van der Waals surface area contributed by atoms with Crippen molar-refractivity contribution in [2.45, 2.75) is 6.92 Å². The van der Waals surface area contributed by atoms with Gasteiger partial charge in [-0.15, -0.1) is 0 Å². The van der Waals surface area contributed by atoms with E-state index in [0.717, 1.165) is 35.0 Å². The molecule has 0 fully saturated rings. The molecule has 1 rings (SSSR count). The van der Waals surface area contributed by atoms with E-state index in [1.54, 1.807) is 14.2 Å². The van der Waals surface area contributed by atoms with Crippen molar-refractivity contribution in [2.24, 2.45) is 0 Å². The van der Waals surface area contributed by atoms with Crippen molar-refractivity contribution in [3.8, 4) is 11.5 Å². The van der Waals surface area contributed by atoms with Crippen molar-refractivity contribution in [1.29, 1.82) is 0 Å². The summed E-state index contributed by atoms with van der Waals surface area (Å²) in [5.41, 5.74) is 2.00. The van der Waals surface area contributed by atoms with Gasteiger partial charge in [-0.2, -0.15) is 12.6 Å². The first kappa shape index (κ1) is 12.0. The molecule has 0 aliphatic heterocycles. The van der Waals surface area contributed by atoms with Crippen molar-refractivity contribution >= 4 is 18.3 Å². The lowest BCUT2D eigenvalue weighted by Crippen LogP contribution is -2.05. The summed E-state index contributed by atoms with van der Waals surface area (Å²) in [5.74, 6) is 2.46. The Balaban J connectivity index is 2.99. The molecule has 0 saturated carbocycles. The fraction of sp³-hybridized carbons (Fsp3) is 0.455. The van der Waals surface area contributed by atoms with E-state index in [1.807, 2.05) is 19.1 Å². The maximum atomic E-state index is 5.28. The highest BCUT2D eigenvalue weighted by Crippen LogP contribution is 2.32. The maximum absolute atomic E-state index is 5.28. The molecule has 0 aromatic heterocycles. The zero-order valence-corrected chi connectivity index (χ0v) is 10.2. The lowest BCUT2D eigenvalue weighted by atomic mass is 10.2. The molecule has 1 aromatic carbocycles. The molecule has 84 valence electrons. The molecule has 0 atom stereocenters. The summed E-state index contributed by atoms with van der Waals surface area (Å²) in [5, 5.41) is 3.23. The Kier molecular flexibility index (Phi) is 4.62. The molecule has 0 unspecified atom stereocenters. The third kappa shape index (κ3) is 2.96. The molecule has 15 heavy (non-hydrogen) atoms.